The number of likely N-dealkylation sites (tertiary alicyclic amines) is 1. The summed E-state index contributed by atoms with van der Waals surface area (Å²) in [5, 5.41) is 20.4. The van der Waals surface area contributed by atoms with Gasteiger partial charge in [0.25, 0.3) is 0 Å². The van der Waals surface area contributed by atoms with Crippen LogP contribution in [0.15, 0.2) is 30.3 Å². The van der Waals surface area contributed by atoms with Gasteiger partial charge >= 0.3 is 12.1 Å². The molecule has 11 heteroatoms. The Bertz CT molecular complexity index is 1560. The number of aliphatic carboxylic acids is 1. The van der Waals surface area contributed by atoms with Gasteiger partial charge in [0, 0.05) is 55.4 Å². The van der Waals surface area contributed by atoms with Crippen molar-refractivity contribution in [1.82, 2.24) is 9.88 Å². The van der Waals surface area contributed by atoms with Gasteiger partial charge in [-0.2, -0.15) is 18.4 Å². The standard InChI is InChI=1S/C29H27F3N4O4/c30-29(31,32)8-5-24(37)26-19(16-36-9-1-2-25(36)38)4-3-18-12-20-14-23(21(15-33)13-22(20)34-27(18)26)35-10-6-17(7-11-35)28(39)40/h3-4,12-14,17H,1-2,5-11,16H2,(H,39,40). The number of carboxylic acids is 1. The van der Waals surface area contributed by atoms with Crippen LogP contribution in [0.1, 0.15) is 60.0 Å². The van der Waals surface area contributed by atoms with Crippen molar-refractivity contribution in [3.05, 3.63) is 47.0 Å². The van der Waals surface area contributed by atoms with Gasteiger partial charge in [0.05, 0.1) is 34.6 Å². The molecule has 0 aliphatic carbocycles. The number of Topliss-reactive ketones (excluding diaryl/α,β-unsaturated/α-hetero) is 1. The molecule has 0 bridgehead atoms. The zero-order chi connectivity index (χ0) is 28.6. The summed E-state index contributed by atoms with van der Waals surface area (Å²) < 4.78 is 39.0. The minimum atomic E-state index is -4.50. The molecule has 8 nitrogen and oxygen atoms in total. The van der Waals surface area contributed by atoms with E-state index in [0.29, 0.717) is 78.4 Å². The van der Waals surface area contributed by atoms with Gasteiger partial charge in [0.2, 0.25) is 5.91 Å². The molecule has 2 saturated heterocycles. The number of carbonyl (C=O) groups is 3. The summed E-state index contributed by atoms with van der Waals surface area (Å²) in [6, 6.07) is 10.8. The van der Waals surface area contributed by atoms with Gasteiger partial charge in [0.1, 0.15) is 6.07 Å². The monoisotopic (exact) mass is 552 g/mol. The maximum absolute atomic E-state index is 13.2. The fourth-order valence-electron chi connectivity index (χ4n) is 5.60. The first-order valence-electron chi connectivity index (χ1n) is 13.2. The highest BCUT2D eigenvalue weighted by Gasteiger charge is 2.31. The number of pyridine rings is 1. The molecule has 2 aromatic carbocycles. The topological polar surface area (TPSA) is 115 Å². The van der Waals surface area contributed by atoms with Gasteiger partial charge in [0.15, 0.2) is 5.78 Å². The number of rotatable bonds is 7. The van der Waals surface area contributed by atoms with Crippen LogP contribution in [-0.2, 0) is 16.1 Å². The van der Waals surface area contributed by atoms with E-state index < -0.39 is 36.7 Å². The first-order chi connectivity index (χ1) is 19.0. The van der Waals surface area contributed by atoms with Gasteiger partial charge in [-0.15, -0.1) is 0 Å². The third-order valence-corrected chi connectivity index (χ3v) is 7.74. The zero-order valence-electron chi connectivity index (χ0n) is 21.6. The third-order valence-electron chi connectivity index (χ3n) is 7.74. The summed E-state index contributed by atoms with van der Waals surface area (Å²) in [6.45, 7) is 1.58. The number of halogens is 3. The number of nitriles is 1. The maximum Gasteiger partial charge on any atom is 0.389 e. The summed E-state index contributed by atoms with van der Waals surface area (Å²) in [7, 11) is 0. The van der Waals surface area contributed by atoms with Crippen LogP contribution in [0.25, 0.3) is 21.8 Å². The highest BCUT2D eigenvalue weighted by atomic mass is 19.4. The number of anilines is 1. The number of alkyl halides is 3. The second kappa shape index (κ2) is 10.8. The Balaban J connectivity index is 1.58. The average molecular weight is 553 g/mol. The minimum Gasteiger partial charge on any atom is -0.481 e. The summed E-state index contributed by atoms with van der Waals surface area (Å²) in [6.07, 6.45) is -4.51. The molecular formula is C29H27F3N4O4. The van der Waals surface area contributed by atoms with Gasteiger partial charge < -0.3 is 14.9 Å². The second-order valence-electron chi connectivity index (χ2n) is 10.4. The van der Waals surface area contributed by atoms with E-state index in [2.05, 4.69) is 11.1 Å². The van der Waals surface area contributed by atoms with Crippen molar-refractivity contribution >= 4 is 45.2 Å². The number of ketones is 1. The number of aromatic nitrogens is 1. The number of nitrogens with zero attached hydrogens (tertiary/aromatic N) is 4. The van der Waals surface area contributed by atoms with Crippen molar-refractivity contribution in [2.75, 3.05) is 24.5 Å². The average Bonchev–Trinajstić information content (AvgIpc) is 3.33. The molecule has 0 saturated carbocycles. The smallest absolute Gasteiger partial charge is 0.389 e. The molecule has 0 radical (unpaired) electrons. The predicted octanol–water partition coefficient (Wildman–Crippen LogP) is 5.21. The van der Waals surface area contributed by atoms with Crippen molar-refractivity contribution in [1.29, 1.82) is 5.26 Å². The molecule has 0 spiro atoms. The van der Waals surface area contributed by atoms with E-state index in [1.165, 1.54) is 0 Å². The lowest BCUT2D eigenvalue weighted by Crippen LogP contribution is -2.36. The number of carbonyl (C=O) groups excluding carboxylic acids is 2. The van der Waals surface area contributed by atoms with E-state index in [9.17, 15) is 37.9 Å². The first-order valence-corrected chi connectivity index (χ1v) is 13.2. The molecule has 3 aromatic rings. The van der Waals surface area contributed by atoms with Crippen molar-refractivity contribution in [3.8, 4) is 6.07 Å². The molecule has 0 atom stereocenters. The van der Waals surface area contributed by atoms with Crippen molar-refractivity contribution in [2.24, 2.45) is 5.92 Å². The minimum absolute atomic E-state index is 0.0705. The molecular weight excluding hydrogens is 525 g/mol. The molecule has 40 heavy (non-hydrogen) atoms. The molecule has 3 heterocycles. The van der Waals surface area contributed by atoms with Crippen molar-refractivity contribution < 1.29 is 32.7 Å². The lowest BCUT2D eigenvalue weighted by atomic mass is 9.94. The summed E-state index contributed by atoms with van der Waals surface area (Å²) >= 11 is 0. The fraction of sp³-hybridized carbons (Fsp3) is 0.414. The maximum atomic E-state index is 13.2. The Morgan fingerprint density at radius 1 is 1.10 bits per heavy atom. The molecule has 1 N–H and O–H groups in total. The molecule has 1 amide bonds. The molecule has 0 unspecified atom stereocenters. The second-order valence-corrected chi connectivity index (χ2v) is 10.4. The molecule has 2 aliphatic heterocycles. The van der Waals surface area contributed by atoms with Crippen LogP contribution < -0.4 is 4.90 Å². The zero-order valence-corrected chi connectivity index (χ0v) is 21.6. The van der Waals surface area contributed by atoms with E-state index >= 15 is 0 Å². The highest BCUT2D eigenvalue weighted by molar-refractivity contribution is 6.10. The van der Waals surface area contributed by atoms with E-state index in [1.54, 1.807) is 29.2 Å². The van der Waals surface area contributed by atoms with Crippen LogP contribution in [-0.4, -0.2) is 58.5 Å². The van der Waals surface area contributed by atoms with E-state index in [4.69, 9.17) is 0 Å². The van der Waals surface area contributed by atoms with E-state index in [1.807, 2.05) is 11.0 Å². The van der Waals surface area contributed by atoms with Crippen LogP contribution in [0.4, 0.5) is 18.9 Å². The van der Waals surface area contributed by atoms with Crippen molar-refractivity contribution in [2.45, 2.75) is 51.2 Å². The predicted molar refractivity (Wildman–Crippen MR) is 141 cm³/mol. The normalized spacial score (nSPS) is 16.6. The Labute approximate surface area is 228 Å². The van der Waals surface area contributed by atoms with E-state index in [-0.39, 0.29) is 23.5 Å². The number of hydrogen-bond donors (Lipinski definition) is 1. The number of amides is 1. The van der Waals surface area contributed by atoms with Crippen LogP contribution in [0.3, 0.4) is 0 Å². The number of benzene rings is 2. The fourth-order valence-corrected chi connectivity index (χ4v) is 5.60. The Hall–Kier alpha value is -4.20. The number of carboxylic acid groups (broad SMARTS) is 1. The number of piperidine rings is 1. The lowest BCUT2D eigenvalue weighted by molar-refractivity contribution is -0.142. The molecule has 5 rings (SSSR count). The van der Waals surface area contributed by atoms with Gasteiger partial charge in [-0.3, -0.25) is 14.4 Å². The highest BCUT2D eigenvalue weighted by Crippen LogP contribution is 2.34. The van der Waals surface area contributed by atoms with Gasteiger partial charge in [-0.25, -0.2) is 4.98 Å². The van der Waals surface area contributed by atoms with Crippen LogP contribution in [0.2, 0.25) is 0 Å². The number of fused-ring (bicyclic) bond motifs is 2. The molecule has 1 aromatic heterocycles. The summed E-state index contributed by atoms with van der Waals surface area (Å²) in [5.74, 6) is -2.02. The Morgan fingerprint density at radius 3 is 2.48 bits per heavy atom. The van der Waals surface area contributed by atoms with Crippen LogP contribution in [0.5, 0.6) is 0 Å². The first kappa shape index (κ1) is 27.4. The van der Waals surface area contributed by atoms with Crippen molar-refractivity contribution in [3.63, 3.8) is 0 Å². The Morgan fingerprint density at radius 2 is 1.85 bits per heavy atom. The molecule has 2 aliphatic rings. The SMILES string of the molecule is N#Cc1cc2nc3c(C(=O)CCC(F)(F)F)c(CN4CCCC4=O)ccc3cc2cc1N1CCC(C(=O)O)CC1. The van der Waals surface area contributed by atoms with Crippen LogP contribution >= 0.6 is 0 Å². The summed E-state index contributed by atoms with van der Waals surface area (Å²) in [4.78, 5) is 45.1. The van der Waals surface area contributed by atoms with Gasteiger partial charge in [-0.1, -0.05) is 12.1 Å². The van der Waals surface area contributed by atoms with E-state index in [0.717, 1.165) is 0 Å². The quantitative estimate of drug-likeness (QED) is 0.316. The van der Waals surface area contributed by atoms with Crippen LogP contribution in [0, 0.1) is 17.2 Å². The Kier molecular flexibility index (Phi) is 7.36. The largest absolute Gasteiger partial charge is 0.481 e. The summed E-state index contributed by atoms with van der Waals surface area (Å²) in [5.41, 5.74) is 2.15. The third kappa shape index (κ3) is 5.57. The number of hydrogen-bond acceptors (Lipinski definition) is 6. The lowest BCUT2D eigenvalue weighted by Gasteiger charge is -2.32. The van der Waals surface area contributed by atoms with Gasteiger partial charge in [-0.05, 0) is 43.0 Å². The molecule has 208 valence electrons. The molecule has 2 fully saturated rings.